The van der Waals surface area contributed by atoms with Gasteiger partial charge in [-0.3, -0.25) is 0 Å². The molecule has 0 bridgehead atoms. The Morgan fingerprint density at radius 2 is 1.89 bits per heavy atom. The molecule has 0 aliphatic heterocycles. The zero-order valence-electron chi connectivity index (χ0n) is 11.3. The van der Waals surface area contributed by atoms with Crippen molar-refractivity contribution in [3.05, 3.63) is 35.4 Å². The van der Waals surface area contributed by atoms with Gasteiger partial charge in [-0.25, -0.2) is 17.2 Å². The molecule has 1 aromatic rings. The number of rotatable bonds is 6. The molecule has 0 saturated carbocycles. The lowest BCUT2D eigenvalue weighted by atomic mass is 10.1. The SMILES string of the molecule is C[C@H](CN[C@@H](C)c1ccc(F)cc1F)CS(C)(=O)=O. The minimum Gasteiger partial charge on any atom is -0.310 e. The van der Waals surface area contributed by atoms with Crippen LogP contribution in [0.25, 0.3) is 0 Å². The molecule has 0 spiro atoms. The minimum atomic E-state index is -3.01. The van der Waals surface area contributed by atoms with Crippen molar-refractivity contribution in [2.75, 3.05) is 18.6 Å². The van der Waals surface area contributed by atoms with E-state index in [4.69, 9.17) is 0 Å². The van der Waals surface area contributed by atoms with E-state index >= 15 is 0 Å². The number of halogens is 2. The first-order valence-electron chi connectivity index (χ1n) is 6.05. The summed E-state index contributed by atoms with van der Waals surface area (Å²) in [4.78, 5) is 0. The zero-order valence-corrected chi connectivity index (χ0v) is 12.1. The predicted octanol–water partition coefficient (Wildman–Crippen LogP) is 2.30. The Morgan fingerprint density at radius 3 is 2.42 bits per heavy atom. The van der Waals surface area contributed by atoms with Crippen molar-refractivity contribution in [3.8, 4) is 0 Å². The smallest absolute Gasteiger partial charge is 0.147 e. The average molecular weight is 291 g/mol. The van der Waals surface area contributed by atoms with Gasteiger partial charge in [0.15, 0.2) is 0 Å². The highest BCUT2D eigenvalue weighted by Gasteiger charge is 2.14. The topological polar surface area (TPSA) is 46.2 Å². The van der Waals surface area contributed by atoms with Crippen LogP contribution in [0.3, 0.4) is 0 Å². The third-order valence-corrected chi connectivity index (χ3v) is 3.96. The number of nitrogens with one attached hydrogen (secondary N) is 1. The highest BCUT2D eigenvalue weighted by molar-refractivity contribution is 7.90. The Labute approximate surface area is 112 Å². The van der Waals surface area contributed by atoms with Gasteiger partial charge in [-0.1, -0.05) is 13.0 Å². The summed E-state index contributed by atoms with van der Waals surface area (Å²) >= 11 is 0. The highest BCUT2D eigenvalue weighted by atomic mass is 32.2. The number of sulfone groups is 1. The van der Waals surface area contributed by atoms with Gasteiger partial charge in [-0.2, -0.15) is 0 Å². The maximum atomic E-state index is 13.5. The molecule has 108 valence electrons. The van der Waals surface area contributed by atoms with Crippen LogP contribution in [0.15, 0.2) is 18.2 Å². The van der Waals surface area contributed by atoms with Crippen LogP contribution in [0.5, 0.6) is 0 Å². The van der Waals surface area contributed by atoms with E-state index in [1.54, 1.807) is 6.92 Å². The summed E-state index contributed by atoms with van der Waals surface area (Å²) in [7, 11) is -3.01. The maximum Gasteiger partial charge on any atom is 0.147 e. The second-order valence-electron chi connectivity index (χ2n) is 4.99. The Kier molecular flexibility index (Phi) is 5.43. The molecular formula is C13H19F2NO2S. The lowest BCUT2D eigenvalue weighted by Crippen LogP contribution is -2.28. The first kappa shape index (κ1) is 16.0. The fourth-order valence-electron chi connectivity index (χ4n) is 1.92. The van der Waals surface area contributed by atoms with Gasteiger partial charge in [-0.05, 0) is 25.5 Å². The monoisotopic (exact) mass is 291 g/mol. The van der Waals surface area contributed by atoms with Crippen LogP contribution in [-0.4, -0.2) is 27.0 Å². The summed E-state index contributed by atoms with van der Waals surface area (Å²) in [6, 6.07) is 3.13. The molecule has 0 saturated heterocycles. The predicted molar refractivity (Wildman–Crippen MR) is 71.7 cm³/mol. The van der Waals surface area contributed by atoms with Gasteiger partial charge in [0.1, 0.15) is 21.5 Å². The Morgan fingerprint density at radius 1 is 1.26 bits per heavy atom. The molecule has 0 heterocycles. The molecule has 1 rings (SSSR count). The number of hydrogen-bond donors (Lipinski definition) is 1. The molecule has 0 unspecified atom stereocenters. The van der Waals surface area contributed by atoms with Gasteiger partial charge in [-0.15, -0.1) is 0 Å². The van der Waals surface area contributed by atoms with Crippen molar-refractivity contribution >= 4 is 9.84 Å². The van der Waals surface area contributed by atoms with Crippen molar-refractivity contribution in [2.45, 2.75) is 19.9 Å². The summed E-state index contributed by atoms with van der Waals surface area (Å²) in [5.74, 6) is -1.20. The Balaban J connectivity index is 2.58. The van der Waals surface area contributed by atoms with Gasteiger partial charge in [0.2, 0.25) is 0 Å². The zero-order chi connectivity index (χ0) is 14.6. The van der Waals surface area contributed by atoms with Crippen LogP contribution >= 0.6 is 0 Å². The van der Waals surface area contributed by atoms with Crippen LogP contribution in [0.1, 0.15) is 25.5 Å². The number of hydrogen-bond acceptors (Lipinski definition) is 3. The number of benzene rings is 1. The summed E-state index contributed by atoms with van der Waals surface area (Å²) in [5, 5.41) is 3.05. The van der Waals surface area contributed by atoms with E-state index in [0.29, 0.717) is 12.1 Å². The second kappa shape index (κ2) is 6.43. The highest BCUT2D eigenvalue weighted by Crippen LogP contribution is 2.17. The van der Waals surface area contributed by atoms with Gasteiger partial charge in [0, 0.05) is 23.9 Å². The molecule has 6 heteroatoms. The normalized spacial score (nSPS) is 15.2. The van der Waals surface area contributed by atoms with E-state index in [9.17, 15) is 17.2 Å². The maximum absolute atomic E-state index is 13.5. The van der Waals surface area contributed by atoms with E-state index in [1.807, 2.05) is 6.92 Å². The average Bonchev–Trinajstić information content (AvgIpc) is 2.23. The van der Waals surface area contributed by atoms with Crippen LogP contribution in [0.4, 0.5) is 8.78 Å². The first-order chi connectivity index (χ1) is 8.69. The van der Waals surface area contributed by atoms with Gasteiger partial charge < -0.3 is 5.32 Å². The van der Waals surface area contributed by atoms with Crippen molar-refractivity contribution < 1.29 is 17.2 Å². The van der Waals surface area contributed by atoms with Crippen molar-refractivity contribution in [3.63, 3.8) is 0 Å². The van der Waals surface area contributed by atoms with Crippen LogP contribution < -0.4 is 5.32 Å². The van der Waals surface area contributed by atoms with Gasteiger partial charge in [0.05, 0.1) is 5.75 Å². The standard InChI is InChI=1S/C13H19F2NO2S/c1-9(8-19(3,17)18)7-16-10(2)12-5-4-11(14)6-13(12)15/h4-6,9-10,16H,7-8H2,1-3H3/t9-,10+/m1/s1. The Hall–Kier alpha value is -1.01. The molecule has 1 aromatic carbocycles. The molecular weight excluding hydrogens is 272 g/mol. The first-order valence-corrected chi connectivity index (χ1v) is 8.11. The van der Waals surface area contributed by atoms with E-state index in [0.717, 1.165) is 6.07 Å². The Bertz CT molecular complexity index is 531. The molecule has 0 aliphatic carbocycles. The van der Waals surface area contributed by atoms with E-state index in [2.05, 4.69) is 5.32 Å². The summed E-state index contributed by atoms with van der Waals surface area (Å²) in [6.45, 7) is 4.01. The second-order valence-corrected chi connectivity index (χ2v) is 7.18. The molecule has 1 N–H and O–H groups in total. The molecule has 3 nitrogen and oxygen atoms in total. The van der Waals surface area contributed by atoms with Crippen molar-refractivity contribution in [2.24, 2.45) is 5.92 Å². The molecule has 0 aliphatic rings. The third-order valence-electron chi connectivity index (χ3n) is 2.79. The molecule has 0 aromatic heterocycles. The van der Waals surface area contributed by atoms with E-state index in [-0.39, 0.29) is 17.7 Å². The molecule has 19 heavy (non-hydrogen) atoms. The molecule has 2 atom stereocenters. The summed E-state index contributed by atoms with van der Waals surface area (Å²) in [5.41, 5.74) is 0.368. The van der Waals surface area contributed by atoms with Crippen molar-refractivity contribution in [1.29, 1.82) is 0 Å². The van der Waals surface area contributed by atoms with E-state index < -0.39 is 21.5 Å². The van der Waals surface area contributed by atoms with Crippen LogP contribution in [0, 0.1) is 17.6 Å². The fraction of sp³-hybridized carbons (Fsp3) is 0.538. The minimum absolute atomic E-state index is 0.0686. The molecule has 0 amide bonds. The van der Waals surface area contributed by atoms with Gasteiger partial charge in [0.25, 0.3) is 0 Å². The van der Waals surface area contributed by atoms with E-state index in [1.165, 1.54) is 18.4 Å². The van der Waals surface area contributed by atoms with Crippen molar-refractivity contribution in [1.82, 2.24) is 5.32 Å². The third kappa shape index (κ3) is 5.65. The molecule has 0 radical (unpaired) electrons. The summed E-state index contributed by atoms with van der Waals surface area (Å²) < 4.78 is 48.5. The van der Waals surface area contributed by atoms with Crippen LogP contribution in [-0.2, 0) is 9.84 Å². The largest absolute Gasteiger partial charge is 0.310 e. The molecule has 0 fully saturated rings. The van der Waals surface area contributed by atoms with Gasteiger partial charge >= 0.3 is 0 Å². The summed E-state index contributed by atoms with van der Waals surface area (Å²) in [6.07, 6.45) is 1.19. The lowest BCUT2D eigenvalue weighted by molar-refractivity contribution is 0.473. The van der Waals surface area contributed by atoms with Crippen LogP contribution in [0.2, 0.25) is 0 Å². The fourth-order valence-corrected chi connectivity index (χ4v) is 3.07. The quantitative estimate of drug-likeness (QED) is 0.875. The lowest BCUT2D eigenvalue weighted by Gasteiger charge is -2.18.